The Balaban J connectivity index is 1.87. The third-order valence-corrected chi connectivity index (χ3v) is 2.31. The van der Waals surface area contributed by atoms with Crippen LogP contribution in [-0.2, 0) is 6.42 Å². The number of nitrogens with zero attached hydrogens (tertiary/aromatic N) is 1. The molecule has 0 aliphatic heterocycles. The topological polar surface area (TPSA) is 55.0 Å². The Bertz CT molecular complexity index is 493. The molecule has 1 aromatic carbocycles. The summed E-state index contributed by atoms with van der Waals surface area (Å²) in [4.78, 5) is 10.6. The van der Waals surface area contributed by atoms with E-state index in [9.17, 15) is 9.18 Å². The van der Waals surface area contributed by atoms with E-state index in [0.29, 0.717) is 24.3 Å². The predicted molar refractivity (Wildman–Crippen MR) is 59.6 cm³/mol. The predicted octanol–water partition coefficient (Wildman–Crippen LogP) is 1.98. The fourth-order valence-corrected chi connectivity index (χ4v) is 1.43. The molecule has 0 spiro atoms. The van der Waals surface area contributed by atoms with Crippen LogP contribution in [0.2, 0.25) is 0 Å². The summed E-state index contributed by atoms with van der Waals surface area (Å²) < 4.78 is 18.0. The van der Waals surface area contributed by atoms with Crippen molar-refractivity contribution in [2.75, 3.05) is 6.61 Å². The maximum absolute atomic E-state index is 12.6. The van der Waals surface area contributed by atoms with Gasteiger partial charge in [0.05, 0.1) is 18.4 Å². The Morgan fingerprint density at radius 2 is 2.12 bits per heavy atom. The van der Waals surface area contributed by atoms with Crippen LogP contribution in [0.15, 0.2) is 30.5 Å². The molecule has 1 aromatic heterocycles. The Morgan fingerprint density at radius 1 is 1.35 bits per heavy atom. The number of aromatic nitrogens is 2. The van der Waals surface area contributed by atoms with Crippen molar-refractivity contribution >= 4 is 6.29 Å². The molecule has 0 saturated heterocycles. The van der Waals surface area contributed by atoms with Gasteiger partial charge in [0.15, 0.2) is 6.29 Å². The van der Waals surface area contributed by atoms with Gasteiger partial charge in [-0.05, 0) is 24.3 Å². The van der Waals surface area contributed by atoms with Gasteiger partial charge in [0.25, 0.3) is 0 Å². The summed E-state index contributed by atoms with van der Waals surface area (Å²) in [5, 5.41) is 6.50. The van der Waals surface area contributed by atoms with E-state index in [1.54, 1.807) is 12.1 Å². The number of carbonyl (C=O) groups excluding carboxylic acids is 1. The molecule has 2 rings (SSSR count). The summed E-state index contributed by atoms with van der Waals surface area (Å²) in [5.41, 5.74) is 1.27. The molecular formula is C12H11FN2O2. The molecule has 0 amide bonds. The number of ether oxygens (including phenoxy) is 1. The fourth-order valence-electron chi connectivity index (χ4n) is 1.43. The zero-order valence-corrected chi connectivity index (χ0v) is 9.02. The zero-order valence-electron chi connectivity index (χ0n) is 9.02. The molecule has 1 heterocycles. The van der Waals surface area contributed by atoms with E-state index < -0.39 is 0 Å². The van der Waals surface area contributed by atoms with Crippen molar-refractivity contribution in [3.05, 3.63) is 47.5 Å². The fraction of sp³-hybridized carbons (Fsp3) is 0.167. The van der Waals surface area contributed by atoms with Gasteiger partial charge in [0.2, 0.25) is 0 Å². The monoisotopic (exact) mass is 234 g/mol. The van der Waals surface area contributed by atoms with E-state index in [1.807, 2.05) is 0 Å². The molecule has 0 aliphatic rings. The molecular weight excluding hydrogens is 223 g/mol. The summed E-state index contributed by atoms with van der Waals surface area (Å²) in [6.45, 7) is 0.397. The number of benzene rings is 1. The molecule has 0 unspecified atom stereocenters. The van der Waals surface area contributed by atoms with Gasteiger partial charge in [-0.25, -0.2) is 4.39 Å². The molecule has 0 bridgehead atoms. The number of hydrogen-bond donors (Lipinski definition) is 1. The Kier molecular flexibility index (Phi) is 3.49. The number of aldehydes is 1. The van der Waals surface area contributed by atoms with Gasteiger partial charge in [-0.15, -0.1) is 0 Å². The number of rotatable bonds is 5. The lowest BCUT2D eigenvalue weighted by Crippen LogP contribution is -2.03. The number of carbonyl (C=O) groups is 1. The van der Waals surface area contributed by atoms with Crippen LogP contribution in [0.5, 0.6) is 5.75 Å². The standard InChI is InChI=1S/C12H11FN2O2/c13-10-1-3-11(4-2-10)17-6-5-12-9(8-16)7-14-15-12/h1-4,7-8H,5-6H2,(H,14,15). The van der Waals surface area contributed by atoms with Crippen molar-refractivity contribution in [1.82, 2.24) is 10.2 Å². The smallest absolute Gasteiger partial charge is 0.153 e. The van der Waals surface area contributed by atoms with Gasteiger partial charge in [-0.1, -0.05) is 0 Å². The van der Waals surface area contributed by atoms with Crippen LogP contribution in [0.3, 0.4) is 0 Å². The van der Waals surface area contributed by atoms with Crippen molar-refractivity contribution in [2.45, 2.75) is 6.42 Å². The maximum atomic E-state index is 12.6. The molecule has 1 N–H and O–H groups in total. The molecule has 0 saturated carbocycles. The van der Waals surface area contributed by atoms with Crippen LogP contribution in [0, 0.1) is 5.82 Å². The van der Waals surface area contributed by atoms with E-state index in [1.165, 1.54) is 18.3 Å². The van der Waals surface area contributed by atoms with Crippen molar-refractivity contribution in [3.8, 4) is 5.75 Å². The lowest BCUT2D eigenvalue weighted by Gasteiger charge is -2.05. The van der Waals surface area contributed by atoms with Crippen LogP contribution in [0.25, 0.3) is 0 Å². The van der Waals surface area contributed by atoms with E-state index >= 15 is 0 Å². The van der Waals surface area contributed by atoms with Crippen molar-refractivity contribution < 1.29 is 13.9 Å². The quantitative estimate of drug-likeness (QED) is 0.805. The maximum Gasteiger partial charge on any atom is 0.153 e. The van der Waals surface area contributed by atoms with E-state index in [2.05, 4.69) is 10.2 Å². The third kappa shape index (κ3) is 2.90. The largest absolute Gasteiger partial charge is 0.493 e. The Hall–Kier alpha value is -2.17. The molecule has 4 nitrogen and oxygen atoms in total. The summed E-state index contributed by atoms with van der Waals surface area (Å²) in [6, 6.07) is 5.79. The molecule has 0 radical (unpaired) electrons. The molecule has 0 aliphatic carbocycles. The molecule has 88 valence electrons. The highest BCUT2D eigenvalue weighted by Crippen LogP contribution is 2.11. The SMILES string of the molecule is O=Cc1cn[nH]c1CCOc1ccc(F)cc1. The van der Waals surface area contributed by atoms with Gasteiger partial charge < -0.3 is 4.74 Å². The second kappa shape index (κ2) is 5.25. The highest BCUT2D eigenvalue weighted by Gasteiger charge is 2.03. The first-order valence-electron chi connectivity index (χ1n) is 5.15. The molecule has 2 aromatic rings. The van der Waals surface area contributed by atoms with Crippen molar-refractivity contribution in [2.24, 2.45) is 0 Å². The van der Waals surface area contributed by atoms with Crippen molar-refractivity contribution in [1.29, 1.82) is 0 Å². The minimum Gasteiger partial charge on any atom is -0.493 e. The van der Waals surface area contributed by atoms with Gasteiger partial charge in [-0.3, -0.25) is 9.89 Å². The summed E-state index contributed by atoms with van der Waals surface area (Å²) in [5.74, 6) is 0.299. The lowest BCUT2D eigenvalue weighted by atomic mass is 10.2. The molecule has 0 fully saturated rings. The van der Waals surface area contributed by atoms with Crippen LogP contribution in [0.4, 0.5) is 4.39 Å². The number of aromatic amines is 1. The van der Waals surface area contributed by atoms with Gasteiger partial charge >= 0.3 is 0 Å². The van der Waals surface area contributed by atoms with E-state index in [4.69, 9.17) is 4.74 Å². The number of nitrogens with one attached hydrogen (secondary N) is 1. The van der Waals surface area contributed by atoms with Gasteiger partial charge in [0.1, 0.15) is 11.6 Å². The summed E-state index contributed by atoms with van der Waals surface area (Å²) in [7, 11) is 0. The van der Waals surface area contributed by atoms with E-state index in [-0.39, 0.29) is 5.82 Å². The second-order valence-electron chi connectivity index (χ2n) is 3.47. The molecule has 0 atom stereocenters. The number of halogens is 1. The number of H-pyrrole nitrogens is 1. The first-order valence-corrected chi connectivity index (χ1v) is 5.15. The highest BCUT2D eigenvalue weighted by molar-refractivity contribution is 5.75. The van der Waals surface area contributed by atoms with Crippen LogP contribution >= 0.6 is 0 Å². The van der Waals surface area contributed by atoms with Crippen LogP contribution in [-0.4, -0.2) is 23.1 Å². The Labute approximate surface area is 97.4 Å². The summed E-state index contributed by atoms with van der Waals surface area (Å²) >= 11 is 0. The Morgan fingerprint density at radius 3 is 2.82 bits per heavy atom. The minimum atomic E-state index is -0.297. The van der Waals surface area contributed by atoms with Crippen molar-refractivity contribution in [3.63, 3.8) is 0 Å². The minimum absolute atomic E-state index is 0.297. The zero-order chi connectivity index (χ0) is 12.1. The van der Waals surface area contributed by atoms with Gasteiger partial charge in [0, 0.05) is 12.1 Å². The number of hydrogen-bond acceptors (Lipinski definition) is 3. The molecule has 5 heteroatoms. The summed E-state index contributed by atoms with van der Waals surface area (Å²) in [6.07, 6.45) is 2.77. The van der Waals surface area contributed by atoms with Crippen LogP contribution in [0.1, 0.15) is 16.1 Å². The van der Waals surface area contributed by atoms with Gasteiger partial charge in [-0.2, -0.15) is 5.10 Å². The normalized spacial score (nSPS) is 10.2. The second-order valence-corrected chi connectivity index (χ2v) is 3.47. The average Bonchev–Trinajstić information content (AvgIpc) is 2.79. The van der Waals surface area contributed by atoms with Crippen LogP contribution < -0.4 is 4.74 Å². The highest BCUT2D eigenvalue weighted by atomic mass is 19.1. The van der Waals surface area contributed by atoms with E-state index in [0.717, 1.165) is 12.0 Å². The molecule has 17 heavy (non-hydrogen) atoms. The lowest BCUT2D eigenvalue weighted by molar-refractivity contribution is 0.112. The third-order valence-electron chi connectivity index (χ3n) is 2.31. The average molecular weight is 234 g/mol. The first-order chi connectivity index (χ1) is 8.29. The first kappa shape index (κ1) is 11.3.